The van der Waals surface area contributed by atoms with Crippen molar-refractivity contribution in [3.63, 3.8) is 0 Å². The highest BCUT2D eigenvalue weighted by atomic mass is 32.2. The van der Waals surface area contributed by atoms with E-state index in [1.807, 2.05) is 7.05 Å². The molecule has 2 unspecified atom stereocenters. The standard InChI is InChI=1S/C7H15NO3S/c1-8-4-3-7(5-8,11-2)6-12(9)10/h3-6H2,1-2H3,(H,9,10)/p-1. The summed E-state index contributed by atoms with van der Waals surface area (Å²) in [6.45, 7) is 1.61. The Morgan fingerprint density at radius 3 is 2.75 bits per heavy atom. The van der Waals surface area contributed by atoms with Crippen LogP contribution in [0.4, 0.5) is 0 Å². The van der Waals surface area contributed by atoms with E-state index in [0.29, 0.717) is 6.54 Å². The second kappa shape index (κ2) is 3.83. The van der Waals surface area contributed by atoms with Gasteiger partial charge in [-0.15, -0.1) is 0 Å². The number of methoxy groups -OCH3 is 1. The Bertz CT molecular complexity index is 187. The average molecular weight is 192 g/mol. The Balaban J connectivity index is 2.58. The topological polar surface area (TPSA) is 52.6 Å². The predicted octanol–water partition coefficient (Wildman–Crippen LogP) is -0.414. The smallest absolute Gasteiger partial charge is 0.0920 e. The van der Waals surface area contributed by atoms with E-state index in [4.69, 9.17) is 4.74 Å². The third-order valence-corrected chi connectivity index (χ3v) is 3.08. The lowest BCUT2D eigenvalue weighted by Gasteiger charge is -2.28. The molecule has 1 aliphatic rings. The molecule has 0 aromatic heterocycles. The van der Waals surface area contributed by atoms with Crippen molar-refractivity contribution in [3.05, 3.63) is 0 Å². The summed E-state index contributed by atoms with van der Waals surface area (Å²) in [4.78, 5) is 2.08. The zero-order valence-corrected chi connectivity index (χ0v) is 8.23. The summed E-state index contributed by atoms with van der Waals surface area (Å²) in [7, 11) is 3.54. The van der Waals surface area contributed by atoms with Crippen molar-refractivity contribution < 1.29 is 13.5 Å². The maximum absolute atomic E-state index is 10.5. The molecule has 0 aromatic carbocycles. The Hall–Kier alpha value is 0.0300. The zero-order valence-electron chi connectivity index (χ0n) is 7.41. The Kier molecular flexibility index (Phi) is 3.22. The van der Waals surface area contributed by atoms with Gasteiger partial charge in [-0.2, -0.15) is 0 Å². The molecule has 0 aromatic rings. The number of nitrogens with zero attached hydrogens (tertiary/aromatic N) is 1. The van der Waals surface area contributed by atoms with Crippen molar-refractivity contribution in [1.82, 2.24) is 4.90 Å². The number of hydrogen-bond acceptors (Lipinski definition) is 4. The number of hydrogen-bond donors (Lipinski definition) is 0. The van der Waals surface area contributed by atoms with Crippen molar-refractivity contribution >= 4 is 11.1 Å². The Labute approximate surface area is 75.2 Å². The molecule has 0 radical (unpaired) electrons. The molecule has 72 valence electrons. The maximum atomic E-state index is 10.5. The Morgan fingerprint density at radius 1 is 1.75 bits per heavy atom. The second-order valence-electron chi connectivity index (χ2n) is 3.32. The van der Waals surface area contributed by atoms with Crippen LogP contribution in [0.15, 0.2) is 0 Å². The van der Waals surface area contributed by atoms with Crippen LogP contribution in [0, 0.1) is 0 Å². The molecule has 0 aliphatic carbocycles. The van der Waals surface area contributed by atoms with Gasteiger partial charge in [-0.05, 0) is 13.5 Å². The van der Waals surface area contributed by atoms with E-state index in [1.165, 1.54) is 0 Å². The first-order valence-corrected chi connectivity index (χ1v) is 5.12. The number of likely N-dealkylation sites (N-methyl/N-ethyl adjacent to an activating group) is 1. The molecule has 12 heavy (non-hydrogen) atoms. The van der Waals surface area contributed by atoms with Gasteiger partial charge in [0.1, 0.15) is 0 Å². The van der Waals surface area contributed by atoms with Crippen LogP contribution in [0.2, 0.25) is 0 Å². The van der Waals surface area contributed by atoms with Crippen molar-refractivity contribution in [3.8, 4) is 0 Å². The summed E-state index contributed by atoms with van der Waals surface area (Å²) in [6.07, 6.45) is 0.800. The van der Waals surface area contributed by atoms with Gasteiger partial charge in [0.25, 0.3) is 0 Å². The molecule has 2 atom stereocenters. The fraction of sp³-hybridized carbons (Fsp3) is 1.00. The quantitative estimate of drug-likeness (QED) is 0.570. The van der Waals surface area contributed by atoms with E-state index in [2.05, 4.69) is 4.90 Å². The number of rotatable bonds is 3. The van der Waals surface area contributed by atoms with Gasteiger partial charge in [0.15, 0.2) is 0 Å². The summed E-state index contributed by atoms with van der Waals surface area (Å²) in [6, 6.07) is 0. The van der Waals surface area contributed by atoms with E-state index >= 15 is 0 Å². The van der Waals surface area contributed by atoms with Gasteiger partial charge >= 0.3 is 0 Å². The van der Waals surface area contributed by atoms with E-state index in [9.17, 15) is 8.76 Å². The van der Waals surface area contributed by atoms with Crippen molar-refractivity contribution in [1.29, 1.82) is 0 Å². The van der Waals surface area contributed by atoms with Gasteiger partial charge in [0.05, 0.1) is 5.60 Å². The minimum Gasteiger partial charge on any atom is -0.772 e. The average Bonchev–Trinajstić information content (AvgIpc) is 2.32. The zero-order chi connectivity index (χ0) is 9.19. The molecule has 4 nitrogen and oxygen atoms in total. The van der Waals surface area contributed by atoms with Crippen LogP contribution >= 0.6 is 0 Å². The molecule has 0 N–H and O–H groups in total. The van der Waals surface area contributed by atoms with Crippen molar-refractivity contribution in [2.45, 2.75) is 12.0 Å². The fourth-order valence-electron chi connectivity index (χ4n) is 1.60. The van der Waals surface area contributed by atoms with Crippen molar-refractivity contribution in [2.75, 3.05) is 33.0 Å². The van der Waals surface area contributed by atoms with Crippen molar-refractivity contribution in [2.24, 2.45) is 0 Å². The highest BCUT2D eigenvalue weighted by molar-refractivity contribution is 7.79. The van der Waals surface area contributed by atoms with Crippen LogP contribution in [-0.4, -0.2) is 52.3 Å². The molecule has 1 heterocycles. The predicted molar refractivity (Wildman–Crippen MR) is 45.6 cm³/mol. The lowest BCUT2D eigenvalue weighted by atomic mass is 10.1. The normalized spacial score (nSPS) is 33.9. The van der Waals surface area contributed by atoms with E-state index in [0.717, 1.165) is 13.0 Å². The van der Waals surface area contributed by atoms with Crippen LogP contribution in [-0.2, 0) is 15.8 Å². The molecule has 0 bridgehead atoms. The molecule has 1 aliphatic heterocycles. The molecular formula is C7H14NO3S-. The molecule has 1 saturated heterocycles. The molecular weight excluding hydrogens is 178 g/mol. The van der Waals surface area contributed by atoms with E-state index in [-0.39, 0.29) is 5.75 Å². The molecule has 5 heteroatoms. The monoisotopic (exact) mass is 192 g/mol. The lowest BCUT2D eigenvalue weighted by Crippen LogP contribution is -2.39. The first kappa shape index (κ1) is 10.1. The maximum Gasteiger partial charge on any atom is 0.0920 e. The van der Waals surface area contributed by atoms with Gasteiger partial charge in [-0.3, -0.25) is 4.21 Å². The highest BCUT2D eigenvalue weighted by Gasteiger charge is 2.36. The minimum absolute atomic E-state index is 0.105. The van der Waals surface area contributed by atoms with Crippen LogP contribution in [0.25, 0.3) is 0 Å². The van der Waals surface area contributed by atoms with Crippen LogP contribution < -0.4 is 0 Å². The summed E-state index contributed by atoms with van der Waals surface area (Å²) in [5.74, 6) is 0.105. The third-order valence-electron chi connectivity index (χ3n) is 2.32. The van der Waals surface area contributed by atoms with Gasteiger partial charge in [0, 0.05) is 26.0 Å². The largest absolute Gasteiger partial charge is 0.772 e. The summed E-state index contributed by atoms with van der Waals surface area (Å²) < 4.78 is 26.3. The fourth-order valence-corrected chi connectivity index (χ4v) is 2.39. The third kappa shape index (κ3) is 2.26. The first-order valence-electron chi connectivity index (χ1n) is 3.87. The summed E-state index contributed by atoms with van der Waals surface area (Å²) in [5, 5.41) is 0. The lowest BCUT2D eigenvalue weighted by molar-refractivity contribution is 0.0194. The molecule has 0 spiro atoms. The number of ether oxygens (including phenoxy) is 1. The van der Waals surface area contributed by atoms with E-state index in [1.54, 1.807) is 7.11 Å². The molecule has 0 saturated carbocycles. The molecule has 1 fully saturated rings. The number of likely N-dealkylation sites (tertiary alicyclic amines) is 1. The molecule has 1 rings (SSSR count). The minimum atomic E-state index is -2.01. The van der Waals surface area contributed by atoms with Crippen LogP contribution in [0.5, 0.6) is 0 Å². The summed E-state index contributed by atoms with van der Waals surface area (Å²) >= 11 is -2.01. The van der Waals surface area contributed by atoms with Gasteiger partial charge in [-0.1, -0.05) is 11.1 Å². The first-order chi connectivity index (χ1) is 5.58. The Morgan fingerprint density at radius 2 is 2.42 bits per heavy atom. The highest BCUT2D eigenvalue weighted by Crippen LogP contribution is 2.24. The van der Waals surface area contributed by atoms with Crippen LogP contribution in [0.1, 0.15) is 6.42 Å². The van der Waals surface area contributed by atoms with Gasteiger partial charge in [-0.25, -0.2) is 0 Å². The van der Waals surface area contributed by atoms with E-state index < -0.39 is 16.7 Å². The summed E-state index contributed by atoms with van der Waals surface area (Å²) in [5.41, 5.74) is -0.457. The SMILES string of the molecule is COC1(CS(=O)[O-])CCN(C)C1. The van der Waals surface area contributed by atoms with Gasteiger partial charge in [0.2, 0.25) is 0 Å². The molecule has 0 amide bonds. The second-order valence-corrected chi connectivity index (χ2v) is 4.22. The van der Waals surface area contributed by atoms with Crippen LogP contribution in [0.3, 0.4) is 0 Å². The van der Waals surface area contributed by atoms with Gasteiger partial charge < -0.3 is 14.2 Å².